The van der Waals surface area contributed by atoms with Crippen LogP contribution in [0.1, 0.15) is 0 Å². The molecule has 0 unspecified atom stereocenters. The summed E-state index contributed by atoms with van der Waals surface area (Å²) in [6.07, 6.45) is 1.64. The Balaban J connectivity index is 2.83. The first-order valence-corrected chi connectivity index (χ1v) is 4.37. The fraction of sp³-hybridized carbons (Fsp3) is 0. The van der Waals surface area contributed by atoms with Gasteiger partial charge in [0.2, 0.25) is 0 Å². The molecule has 0 saturated carbocycles. The Morgan fingerprint density at radius 1 is 1.62 bits per heavy atom. The van der Waals surface area contributed by atoms with Crippen molar-refractivity contribution in [2.75, 3.05) is 0 Å². The zero-order chi connectivity index (χ0) is 5.82. The zero-order valence-corrected chi connectivity index (χ0v) is 6.24. The van der Waals surface area contributed by atoms with E-state index in [1.165, 1.54) is 0 Å². The number of aromatic nitrogens is 2. The normalized spacial score (nSPS) is 9.62. The molecule has 1 heterocycles. The van der Waals surface area contributed by atoms with Gasteiger partial charge in [0.1, 0.15) is 0 Å². The second kappa shape index (κ2) is 2.93. The van der Waals surface area contributed by atoms with Gasteiger partial charge < -0.3 is 0 Å². The Morgan fingerprint density at radius 3 is 2.88 bits per heavy atom. The van der Waals surface area contributed by atoms with E-state index in [1.54, 1.807) is 6.20 Å². The molecular weight excluding hydrogens is 217 g/mol. The molecule has 0 spiro atoms. The van der Waals surface area contributed by atoms with E-state index >= 15 is 0 Å². The van der Waals surface area contributed by atoms with Crippen LogP contribution < -0.4 is 25.4 Å². The van der Waals surface area contributed by atoms with Crippen LogP contribution in [0.4, 0.5) is 0 Å². The van der Waals surface area contributed by atoms with Crippen molar-refractivity contribution < 1.29 is 21.5 Å². The van der Waals surface area contributed by atoms with E-state index in [0.29, 0.717) is 0 Å². The third-order valence-corrected chi connectivity index (χ3v) is 1.86. The Bertz CT molecular complexity index is 153. The van der Waals surface area contributed by atoms with Crippen LogP contribution in [0.2, 0.25) is 0 Å². The first-order valence-electron chi connectivity index (χ1n) is 2.04. The molecule has 0 bridgehead atoms. The predicted molar refractivity (Wildman–Crippen MR) is 24.9 cm³/mol. The summed E-state index contributed by atoms with van der Waals surface area (Å²) in [5.41, 5.74) is 0. The summed E-state index contributed by atoms with van der Waals surface area (Å²) in [5.74, 6) is 0. The number of hydrogen-bond acceptors (Lipinski definition) is 3. The van der Waals surface area contributed by atoms with Gasteiger partial charge in [-0.2, -0.15) is 0 Å². The van der Waals surface area contributed by atoms with Gasteiger partial charge in [-0.25, -0.2) is 0 Å². The Morgan fingerprint density at radius 2 is 2.50 bits per heavy atom. The molecule has 3 nitrogen and oxygen atoms in total. The van der Waals surface area contributed by atoms with Gasteiger partial charge in [-0.1, -0.05) is 0 Å². The number of nitrogens with two attached hydrogens (primary N) is 1. The van der Waals surface area contributed by atoms with Crippen LogP contribution in [0.5, 0.6) is 0 Å². The zero-order valence-electron chi connectivity index (χ0n) is 4.08. The molecule has 44 valence electrons. The summed E-state index contributed by atoms with van der Waals surface area (Å²) in [7, 11) is 0. The standard InChI is InChI=1S/C4H5IN3/c6-5-4-2-1-3-7-8-4/h1-3H,6H2/q-1. The van der Waals surface area contributed by atoms with Crippen molar-refractivity contribution in [1.82, 2.24) is 10.2 Å². The Hall–Kier alpha value is -0.230. The summed E-state index contributed by atoms with van der Waals surface area (Å²) in [6.45, 7) is 0. The molecule has 0 saturated heterocycles. The molecular formula is C4H5IN3-. The second-order valence-corrected chi connectivity index (χ2v) is 2.88. The van der Waals surface area contributed by atoms with Gasteiger partial charge in [-0.15, -0.1) is 0 Å². The Labute approximate surface area is 57.9 Å². The molecule has 0 atom stereocenters. The average molecular weight is 222 g/mol. The van der Waals surface area contributed by atoms with Crippen LogP contribution in [-0.4, -0.2) is 10.2 Å². The van der Waals surface area contributed by atoms with Crippen molar-refractivity contribution in [3.05, 3.63) is 22.0 Å². The van der Waals surface area contributed by atoms with E-state index < -0.39 is 0 Å². The van der Waals surface area contributed by atoms with Gasteiger partial charge in [0, 0.05) is 0 Å². The Kier molecular flexibility index (Phi) is 2.16. The minimum atomic E-state index is -0.364. The van der Waals surface area contributed by atoms with E-state index in [4.69, 9.17) is 3.95 Å². The average Bonchev–Trinajstić information content (AvgIpc) is 1.90. The monoisotopic (exact) mass is 222 g/mol. The molecule has 0 fully saturated rings. The first-order chi connectivity index (χ1) is 3.93. The molecule has 0 aliphatic rings. The van der Waals surface area contributed by atoms with E-state index in [2.05, 4.69) is 10.2 Å². The van der Waals surface area contributed by atoms with E-state index in [9.17, 15) is 0 Å². The molecule has 0 aliphatic heterocycles. The number of halogens is 1. The van der Waals surface area contributed by atoms with Crippen molar-refractivity contribution in [3.63, 3.8) is 0 Å². The molecule has 0 aliphatic carbocycles. The maximum absolute atomic E-state index is 5.36. The molecule has 4 heteroatoms. The maximum atomic E-state index is 5.36. The van der Waals surface area contributed by atoms with E-state index in [1.807, 2.05) is 12.1 Å². The van der Waals surface area contributed by atoms with E-state index in [-0.39, 0.29) is 21.5 Å². The van der Waals surface area contributed by atoms with Gasteiger partial charge in [-0.05, 0) is 0 Å². The summed E-state index contributed by atoms with van der Waals surface area (Å²) in [6, 6.07) is 3.73. The summed E-state index contributed by atoms with van der Waals surface area (Å²) in [4.78, 5) is 0. The molecule has 1 aromatic rings. The van der Waals surface area contributed by atoms with Gasteiger partial charge >= 0.3 is 57.7 Å². The van der Waals surface area contributed by atoms with Crippen LogP contribution in [0.3, 0.4) is 0 Å². The molecule has 0 radical (unpaired) electrons. The van der Waals surface area contributed by atoms with Crippen LogP contribution in [0.15, 0.2) is 18.3 Å². The number of nitrogens with zero attached hydrogens (tertiary/aromatic N) is 2. The third kappa shape index (κ3) is 1.38. The van der Waals surface area contributed by atoms with Crippen molar-refractivity contribution in [2.24, 2.45) is 3.95 Å². The number of rotatable bonds is 1. The minimum absolute atomic E-state index is 0.364. The predicted octanol–water partition coefficient (Wildman–Crippen LogP) is -3.39. The molecule has 2 N–H and O–H groups in total. The SMILES string of the molecule is N[I-]c1cccnn1. The molecule has 8 heavy (non-hydrogen) atoms. The second-order valence-electron chi connectivity index (χ2n) is 1.16. The van der Waals surface area contributed by atoms with Crippen LogP contribution in [0.25, 0.3) is 0 Å². The van der Waals surface area contributed by atoms with Crippen molar-refractivity contribution >= 4 is 0 Å². The van der Waals surface area contributed by atoms with Gasteiger partial charge in [0.05, 0.1) is 0 Å². The van der Waals surface area contributed by atoms with Crippen molar-refractivity contribution in [1.29, 1.82) is 0 Å². The van der Waals surface area contributed by atoms with Gasteiger partial charge in [0.25, 0.3) is 0 Å². The summed E-state index contributed by atoms with van der Waals surface area (Å²) < 4.78 is 6.29. The van der Waals surface area contributed by atoms with Crippen LogP contribution in [-0.2, 0) is 0 Å². The molecule has 0 amide bonds. The third-order valence-electron chi connectivity index (χ3n) is 0.652. The van der Waals surface area contributed by atoms with Crippen molar-refractivity contribution in [3.8, 4) is 0 Å². The molecule has 0 aromatic carbocycles. The quantitative estimate of drug-likeness (QED) is 0.398. The molecule has 1 aromatic heterocycles. The number of hydrogen-bond donors (Lipinski definition) is 1. The van der Waals surface area contributed by atoms with Gasteiger partial charge in [-0.3, -0.25) is 0 Å². The van der Waals surface area contributed by atoms with Crippen LogP contribution >= 0.6 is 0 Å². The topological polar surface area (TPSA) is 51.8 Å². The first kappa shape index (κ1) is 5.90. The fourth-order valence-corrected chi connectivity index (χ4v) is 1.01. The summed E-state index contributed by atoms with van der Waals surface area (Å²) in [5, 5.41) is 7.42. The van der Waals surface area contributed by atoms with Crippen molar-refractivity contribution in [2.45, 2.75) is 0 Å². The van der Waals surface area contributed by atoms with E-state index in [0.717, 1.165) is 3.70 Å². The van der Waals surface area contributed by atoms with Crippen LogP contribution in [0, 0.1) is 3.70 Å². The fourth-order valence-electron chi connectivity index (χ4n) is 0.341. The summed E-state index contributed by atoms with van der Waals surface area (Å²) >= 11 is -0.364. The van der Waals surface area contributed by atoms with Gasteiger partial charge in [0.15, 0.2) is 0 Å². The molecule has 1 rings (SSSR count).